The molecule has 8 aromatic rings. The van der Waals surface area contributed by atoms with Gasteiger partial charge in [-0.05, 0) is 60.2 Å². The first-order valence-electron chi connectivity index (χ1n) is 16.9. The Morgan fingerprint density at radius 3 is 2.14 bits per heavy atom. The molecule has 4 aromatic heterocycles. The van der Waals surface area contributed by atoms with Crippen molar-refractivity contribution in [2.45, 2.75) is 60.3 Å². The number of aryl methyl sites for hydroxylation is 3. The van der Waals surface area contributed by atoms with Gasteiger partial charge in [-0.25, -0.2) is 0 Å². The number of fused-ring (bicyclic) bond motifs is 4. The molecule has 0 saturated carbocycles. The number of para-hydroxylation sites is 2. The Morgan fingerprint density at radius 1 is 0.720 bits per heavy atom. The van der Waals surface area contributed by atoms with Crippen molar-refractivity contribution in [1.29, 1.82) is 0 Å². The van der Waals surface area contributed by atoms with E-state index < -0.39 is 0 Å². The first kappa shape index (κ1) is 34.9. The topological polar surface area (TPSA) is 56.7 Å². The summed E-state index contributed by atoms with van der Waals surface area (Å²) in [5.41, 5.74) is 13.6. The van der Waals surface area contributed by atoms with Crippen LogP contribution in [-0.2, 0) is 20.1 Å². The summed E-state index contributed by atoms with van der Waals surface area (Å²) in [5.74, 6) is 1.52. The van der Waals surface area contributed by atoms with Crippen molar-refractivity contribution in [1.82, 2.24) is 19.5 Å². The fraction of sp³-hybridized carbons (Fsp3) is 0.205. The summed E-state index contributed by atoms with van der Waals surface area (Å²) >= 11 is 0. The van der Waals surface area contributed by atoms with E-state index in [1.54, 1.807) is 0 Å². The van der Waals surface area contributed by atoms with Gasteiger partial charge in [0, 0.05) is 43.6 Å². The molecule has 0 aliphatic carbocycles. The van der Waals surface area contributed by atoms with Crippen LogP contribution in [0, 0.1) is 32.9 Å². The third-order valence-corrected chi connectivity index (χ3v) is 9.03. The molecule has 0 amide bonds. The first-order valence-corrected chi connectivity index (χ1v) is 16.9. The quantitative estimate of drug-likeness (QED) is 0.162. The van der Waals surface area contributed by atoms with E-state index in [1.807, 2.05) is 67.8 Å². The molecule has 0 fully saturated rings. The Hall–Kier alpha value is -4.90. The molecule has 0 N–H and O–H groups in total. The minimum absolute atomic E-state index is 0. The zero-order valence-corrected chi connectivity index (χ0v) is 31.9. The average Bonchev–Trinajstić information content (AvgIpc) is 3.68. The van der Waals surface area contributed by atoms with E-state index in [-0.39, 0.29) is 20.1 Å². The van der Waals surface area contributed by atoms with Crippen LogP contribution in [0.2, 0.25) is 0 Å². The Balaban J connectivity index is 0.000000242. The van der Waals surface area contributed by atoms with Gasteiger partial charge in [-0.3, -0.25) is 9.97 Å². The molecule has 8 rings (SSSR count). The molecule has 4 heterocycles. The van der Waals surface area contributed by atoms with E-state index in [1.165, 1.54) is 27.9 Å². The summed E-state index contributed by atoms with van der Waals surface area (Å²) in [6.45, 7) is 15.1. The van der Waals surface area contributed by atoms with Crippen molar-refractivity contribution in [3.8, 4) is 28.3 Å². The van der Waals surface area contributed by atoms with E-state index in [0.717, 1.165) is 61.3 Å². The summed E-state index contributed by atoms with van der Waals surface area (Å²) in [6, 6.07) is 37.7. The number of furan rings is 1. The maximum atomic E-state index is 6.41. The van der Waals surface area contributed by atoms with Crippen LogP contribution in [0.25, 0.3) is 61.3 Å². The summed E-state index contributed by atoms with van der Waals surface area (Å²) < 4.78 is 8.72. The van der Waals surface area contributed by atoms with Crippen LogP contribution in [0.4, 0.5) is 0 Å². The van der Waals surface area contributed by atoms with Crippen molar-refractivity contribution in [3.05, 3.63) is 143 Å². The summed E-state index contributed by atoms with van der Waals surface area (Å²) in [7, 11) is 0. The Bertz CT molecular complexity index is 2350. The second kappa shape index (κ2) is 14.5. The van der Waals surface area contributed by atoms with Crippen LogP contribution < -0.4 is 0 Å². The normalized spacial score (nSPS) is 11.3. The van der Waals surface area contributed by atoms with Gasteiger partial charge in [0.05, 0.1) is 28.1 Å². The SMILES string of the molecule is Cc1c[c-]c(-c2ccc(C)cn2)cc1.Cc1nccc2nc(-c3[c-]ccc4c3oc3ccccc34)n(-c3c(C(C)C)cccc3C(C)C)c12.[Ir]. The monoisotopic (exact) mass is 833 g/mol. The maximum Gasteiger partial charge on any atom is 0.120 e. The van der Waals surface area contributed by atoms with Crippen LogP contribution in [0.15, 0.2) is 108 Å². The van der Waals surface area contributed by atoms with Gasteiger partial charge in [0.25, 0.3) is 0 Å². The zero-order valence-electron chi connectivity index (χ0n) is 29.5. The van der Waals surface area contributed by atoms with Gasteiger partial charge in [-0.15, -0.1) is 53.6 Å². The van der Waals surface area contributed by atoms with Crippen molar-refractivity contribution < 1.29 is 24.5 Å². The van der Waals surface area contributed by atoms with Gasteiger partial charge in [0.2, 0.25) is 0 Å². The molecule has 0 saturated heterocycles. The molecule has 0 aliphatic rings. The van der Waals surface area contributed by atoms with Crippen molar-refractivity contribution in [2.24, 2.45) is 0 Å². The second-order valence-corrected chi connectivity index (χ2v) is 13.3. The number of pyridine rings is 2. The van der Waals surface area contributed by atoms with Gasteiger partial charge >= 0.3 is 0 Å². The van der Waals surface area contributed by atoms with Crippen LogP contribution in [0.3, 0.4) is 0 Å². The van der Waals surface area contributed by atoms with Crippen molar-refractivity contribution >= 4 is 33.0 Å². The third kappa shape index (κ3) is 6.54. The van der Waals surface area contributed by atoms with Crippen LogP contribution in [-0.4, -0.2) is 19.5 Å². The Morgan fingerprint density at radius 2 is 1.46 bits per heavy atom. The van der Waals surface area contributed by atoms with Gasteiger partial charge in [0.1, 0.15) is 5.58 Å². The Labute approximate surface area is 307 Å². The molecule has 0 aliphatic heterocycles. The number of hydrogen-bond acceptors (Lipinski definition) is 4. The molecule has 5 nitrogen and oxygen atoms in total. The number of hydrogen-bond donors (Lipinski definition) is 0. The van der Waals surface area contributed by atoms with Gasteiger partial charge in [-0.1, -0.05) is 94.1 Å². The average molecular weight is 833 g/mol. The third-order valence-electron chi connectivity index (χ3n) is 9.03. The van der Waals surface area contributed by atoms with E-state index in [4.69, 9.17) is 9.40 Å². The molecule has 1 radical (unpaired) electrons. The molecule has 0 spiro atoms. The zero-order chi connectivity index (χ0) is 34.2. The number of nitrogens with zero attached hydrogens (tertiary/aromatic N) is 4. The molecular formula is C44H40IrN4O-2. The summed E-state index contributed by atoms with van der Waals surface area (Å²) in [4.78, 5) is 14.2. The first-order chi connectivity index (χ1) is 23.7. The number of rotatable bonds is 5. The van der Waals surface area contributed by atoms with E-state index >= 15 is 0 Å². The van der Waals surface area contributed by atoms with Gasteiger partial charge in [-0.2, -0.15) is 0 Å². The minimum atomic E-state index is 0. The van der Waals surface area contributed by atoms with Crippen LogP contribution in [0.5, 0.6) is 0 Å². The fourth-order valence-corrected chi connectivity index (χ4v) is 6.48. The van der Waals surface area contributed by atoms with Gasteiger partial charge < -0.3 is 14.0 Å². The predicted molar refractivity (Wildman–Crippen MR) is 201 cm³/mol. The van der Waals surface area contributed by atoms with Crippen molar-refractivity contribution in [3.63, 3.8) is 0 Å². The van der Waals surface area contributed by atoms with E-state index in [0.29, 0.717) is 11.8 Å². The van der Waals surface area contributed by atoms with Crippen molar-refractivity contribution in [2.75, 3.05) is 0 Å². The van der Waals surface area contributed by atoms with Crippen LogP contribution >= 0.6 is 0 Å². The maximum absolute atomic E-state index is 6.41. The second-order valence-electron chi connectivity index (χ2n) is 13.3. The van der Waals surface area contributed by atoms with Crippen LogP contribution in [0.1, 0.15) is 67.5 Å². The molecule has 0 bridgehead atoms. The smallest absolute Gasteiger partial charge is 0.120 e. The largest absolute Gasteiger partial charge is 0.501 e. The number of benzene rings is 4. The molecule has 253 valence electrons. The number of imidazole rings is 1. The summed E-state index contributed by atoms with van der Waals surface area (Å²) in [6.07, 6.45) is 3.71. The standard InChI is InChI=1S/C31H28N3O.C13H12N.Ir/c1-18(2)21-11-8-12-22(19(3)4)29(21)34-28-20(5)32-17-16-26(28)33-31(34)25-14-9-13-24-23-10-6-7-15-27(23)35-30(24)25;1-10-3-6-12(7-4-10)13-8-5-11(2)9-14-13;/h6-13,15-19H,1-5H3;3-6,8-9H,1-2H3;/q2*-1;. The Kier molecular flexibility index (Phi) is 10.2. The number of aromatic nitrogens is 4. The van der Waals surface area contributed by atoms with E-state index in [2.05, 4.69) is 111 Å². The predicted octanol–water partition coefficient (Wildman–Crippen LogP) is 11.5. The molecular weight excluding hydrogens is 793 g/mol. The fourth-order valence-electron chi connectivity index (χ4n) is 6.48. The molecule has 0 unspecified atom stereocenters. The molecule has 50 heavy (non-hydrogen) atoms. The summed E-state index contributed by atoms with van der Waals surface area (Å²) in [5, 5.41) is 2.17. The molecule has 4 aromatic carbocycles. The van der Waals surface area contributed by atoms with Gasteiger partial charge in [0.15, 0.2) is 0 Å². The molecule has 6 heteroatoms. The van der Waals surface area contributed by atoms with E-state index in [9.17, 15) is 0 Å². The minimum Gasteiger partial charge on any atom is -0.501 e. The molecule has 0 atom stereocenters.